The number of carbonyl (C=O) groups excluding carboxylic acids is 1. The van der Waals surface area contributed by atoms with E-state index in [1.165, 1.54) is 0 Å². The predicted molar refractivity (Wildman–Crippen MR) is 113 cm³/mol. The van der Waals surface area contributed by atoms with Gasteiger partial charge in [-0.1, -0.05) is 63.2 Å². The van der Waals surface area contributed by atoms with Gasteiger partial charge >= 0.3 is 0 Å². The molecule has 154 valence electrons. The number of rotatable bonds is 8. The molecule has 0 bridgehead atoms. The number of sulfonamides is 1. The quantitative estimate of drug-likeness (QED) is 0.650. The van der Waals surface area contributed by atoms with Crippen LogP contribution in [-0.2, 0) is 26.7 Å². The molecule has 0 aliphatic heterocycles. The molecule has 0 heterocycles. The second-order valence-corrected chi connectivity index (χ2v) is 9.55. The SMILES string of the molecule is CC(C)(C)c1ccc(S(=O)(=O)NC(Cc2ccccc2)C(=O)NCCC#N)cc1. The molecule has 1 amide bonds. The van der Waals surface area contributed by atoms with Crippen molar-refractivity contribution < 1.29 is 13.2 Å². The van der Waals surface area contributed by atoms with Gasteiger partial charge < -0.3 is 5.32 Å². The Morgan fingerprint density at radius 3 is 2.24 bits per heavy atom. The monoisotopic (exact) mass is 413 g/mol. The van der Waals surface area contributed by atoms with E-state index in [-0.39, 0.29) is 29.7 Å². The molecule has 29 heavy (non-hydrogen) atoms. The smallest absolute Gasteiger partial charge is 0.241 e. The topological polar surface area (TPSA) is 99.1 Å². The summed E-state index contributed by atoms with van der Waals surface area (Å²) in [5, 5.41) is 11.3. The van der Waals surface area contributed by atoms with Gasteiger partial charge in [-0.25, -0.2) is 8.42 Å². The number of benzene rings is 2. The average Bonchev–Trinajstić information content (AvgIpc) is 2.67. The van der Waals surface area contributed by atoms with Crippen LogP contribution < -0.4 is 10.0 Å². The summed E-state index contributed by atoms with van der Waals surface area (Å²) in [7, 11) is -3.89. The van der Waals surface area contributed by atoms with Crippen LogP contribution in [-0.4, -0.2) is 26.9 Å². The van der Waals surface area contributed by atoms with Crippen molar-refractivity contribution in [3.8, 4) is 6.07 Å². The van der Waals surface area contributed by atoms with Gasteiger partial charge in [-0.05, 0) is 35.1 Å². The van der Waals surface area contributed by atoms with Crippen LogP contribution in [0.1, 0.15) is 38.3 Å². The Labute approximate surface area is 173 Å². The molecule has 0 radical (unpaired) electrons. The van der Waals surface area contributed by atoms with Crippen LogP contribution in [0.3, 0.4) is 0 Å². The number of carbonyl (C=O) groups is 1. The fraction of sp³-hybridized carbons (Fsp3) is 0.364. The summed E-state index contributed by atoms with van der Waals surface area (Å²) in [4.78, 5) is 12.7. The lowest BCUT2D eigenvalue weighted by Crippen LogP contribution is -2.48. The lowest BCUT2D eigenvalue weighted by Gasteiger charge is -2.21. The minimum absolute atomic E-state index is 0.0911. The predicted octanol–water partition coefficient (Wildman–Crippen LogP) is 2.90. The first-order chi connectivity index (χ1) is 13.6. The zero-order valence-electron chi connectivity index (χ0n) is 17.0. The van der Waals surface area contributed by atoms with Crippen molar-refractivity contribution in [2.24, 2.45) is 0 Å². The molecule has 2 aromatic carbocycles. The zero-order valence-corrected chi connectivity index (χ0v) is 17.8. The second kappa shape index (κ2) is 9.68. The summed E-state index contributed by atoms with van der Waals surface area (Å²) >= 11 is 0. The van der Waals surface area contributed by atoms with E-state index < -0.39 is 22.0 Å². The number of nitriles is 1. The summed E-state index contributed by atoms with van der Waals surface area (Å²) in [5.74, 6) is -0.459. The van der Waals surface area contributed by atoms with Crippen LogP contribution in [0.5, 0.6) is 0 Å². The summed E-state index contributed by atoms with van der Waals surface area (Å²) < 4.78 is 28.3. The number of hydrogen-bond acceptors (Lipinski definition) is 4. The maximum atomic E-state index is 12.9. The Morgan fingerprint density at radius 1 is 1.07 bits per heavy atom. The first-order valence-corrected chi connectivity index (χ1v) is 10.9. The summed E-state index contributed by atoms with van der Waals surface area (Å²) in [5.41, 5.74) is 1.76. The first kappa shape index (κ1) is 22.6. The maximum Gasteiger partial charge on any atom is 0.241 e. The average molecular weight is 414 g/mol. The molecule has 2 rings (SSSR count). The highest BCUT2D eigenvalue weighted by Gasteiger charge is 2.26. The highest BCUT2D eigenvalue weighted by atomic mass is 32.2. The Morgan fingerprint density at radius 2 is 1.69 bits per heavy atom. The van der Waals surface area contributed by atoms with Gasteiger partial charge in [0.05, 0.1) is 17.4 Å². The lowest BCUT2D eigenvalue weighted by atomic mass is 9.87. The van der Waals surface area contributed by atoms with E-state index in [9.17, 15) is 13.2 Å². The minimum atomic E-state index is -3.89. The van der Waals surface area contributed by atoms with Crippen LogP contribution in [0, 0.1) is 11.3 Å². The fourth-order valence-corrected chi connectivity index (χ4v) is 3.99. The molecule has 1 unspecified atom stereocenters. The van der Waals surface area contributed by atoms with Crippen molar-refractivity contribution in [3.63, 3.8) is 0 Å². The number of amides is 1. The summed E-state index contributed by atoms with van der Waals surface area (Å²) in [6, 6.07) is 16.8. The van der Waals surface area contributed by atoms with Gasteiger partial charge in [0, 0.05) is 6.54 Å². The van der Waals surface area contributed by atoms with Crippen molar-refractivity contribution in [3.05, 3.63) is 65.7 Å². The Hall–Kier alpha value is -2.69. The number of hydrogen-bond donors (Lipinski definition) is 2. The molecule has 2 N–H and O–H groups in total. The third-order valence-electron chi connectivity index (χ3n) is 4.46. The molecule has 0 saturated heterocycles. The van der Waals surface area contributed by atoms with Crippen LogP contribution in [0.2, 0.25) is 0 Å². The van der Waals surface area contributed by atoms with E-state index in [0.717, 1.165) is 11.1 Å². The van der Waals surface area contributed by atoms with E-state index in [2.05, 4.69) is 30.8 Å². The maximum absolute atomic E-state index is 12.9. The van der Waals surface area contributed by atoms with Gasteiger partial charge in [0.15, 0.2) is 0 Å². The van der Waals surface area contributed by atoms with E-state index in [0.29, 0.717) is 0 Å². The van der Waals surface area contributed by atoms with Crippen LogP contribution in [0.4, 0.5) is 0 Å². The second-order valence-electron chi connectivity index (χ2n) is 7.84. The molecule has 0 aliphatic rings. The van der Waals surface area contributed by atoms with Crippen LogP contribution >= 0.6 is 0 Å². The Bertz CT molecular complexity index is 957. The Kier molecular flexibility index (Phi) is 7.54. The molecule has 0 spiro atoms. The lowest BCUT2D eigenvalue weighted by molar-refractivity contribution is -0.122. The third-order valence-corrected chi connectivity index (χ3v) is 5.95. The van der Waals surface area contributed by atoms with Crippen molar-refractivity contribution >= 4 is 15.9 Å². The Balaban J connectivity index is 2.23. The molecule has 2 aromatic rings. The molecule has 7 heteroatoms. The van der Waals surface area contributed by atoms with Crippen molar-refractivity contribution in [2.75, 3.05) is 6.54 Å². The van der Waals surface area contributed by atoms with E-state index >= 15 is 0 Å². The van der Waals surface area contributed by atoms with Gasteiger partial charge in [0.1, 0.15) is 6.04 Å². The molecule has 0 saturated carbocycles. The van der Waals surface area contributed by atoms with Gasteiger partial charge in [0.25, 0.3) is 0 Å². The zero-order chi connectivity index (χ0) is 21.5. The molecule has 0 aromatic heterocycles. The summed E-state index contributed by atoms with van der Waals surface area (Å²) in [6.45, 7) is 6.32. The van der Waals surface area contributed by atoms with Crippen LogP contribution in [0.15, 0.2) is 59.5 Å². The van der Waals surface area contributed by atoms with Crippen molar-refractivity contribution in [2.45, 2.75) is 50.0 Å². The van der Waals surface area contributed by atoms with Gasteiger partial charge in [0.2, 0.25) is 15.9 Å². The van der Waals surface area contributed by atoms with Crippen molar-refractivity contribution in [1.82, 2.24) is 10.0 Å². The van der Waals surface area contributed by atoms with Gasteiger partial charge in [-0.15, -0.1) is 0 Å². The largest absolute Gasteiger partial charge is 0.354 e. The van der Waals surface area contributed by atoms with Crippen molar-refractivity contribution in [1.29, 1.82) is 5.26 Å². The van der Waals surface area contributed by atoms with E-state index in [1.807, 2.05) is 36.4 Å². The molecular formula is C22H27N3O3S. The fourth-order valence-electron chi connectivity index (χ4n) is 2.79. The molecule has 0 fully saturated rings. The highest BCUT2D eigenvalue weighted by molar-refractivity contribution is 7.89. The summed E-state index contributed by atoms with van der Waals surface area (Å²) in [6.07, 6.45) is 0.364. The normalized spacial score (nSPS) is 12.8. The van der Waals surface area contributed by atoms with E-state index in [4.69, 9.17) is 5.26 Å². The minimum Gasteiger partial charge on any atom is -0.354 e. The molecule has 0 aliphatic carbocycles. The molecule has 6 nitrogen and oxygen atoms in total. The first-order valence-electron chi connectivity index (χ1n) is 9.45. The standard InChI is InChI=1S/C22H27N3O3S/c1-22(2,3)18-10-12-19(13-11-18)29(27,28)25-20(21(26)24-15-7-14-23)16-17-8-5-4-6-9-17/h4-6,8-13,20,25H,7,15-16H2,1-3H3,(H,24,26). The van der Waals surface area contributed by atoms with Gasteiger partial charge in [-0.2, -0.15) is 9.98 Å². The third kappa shape index (κ3) is 6.70. The number of nitrogens with one attached hydrogen (secondary N) is 2. The van der Waals surface area contributed by atoms with Gasteiger partial charge in [-0.3, -0.25) is 4.79 Å². The highest BCUT2D eigenvalue weighted by Crippen LogP contribution is 2.23. The van der Waals surface area contributed by atoms with Crippen LogP contribution in [0.25, 0.3) is 0 Å². The number of nitrogens with zero attached hydrogens (tertiary/aromatic N) is 1. The van der Waals surface area contributed by atoms with E-state index in [1.54, 1.807) is 24.3 Å². The molecule has 1 atom stereocenters. The molecular weight excluding hydrogens is 386 g/mol.